The van der Waals surface area contributed by atoms with Crippen molar-refractivity contribution in [2.45, 2.75) is 12.5 Å². The van der Waals surface area contributed by atoms with Crippen molar-refractivity contribution in [3.05, 3.63) is 30.0 Å². The third-order valence-electron chi connectivity index (χ3n) is 3.36. The van der Waals surface area contributed by atoms with Gasteiger partial charge in [-0.15, -0.1) is 0 Å². The van der Waals surface area contributed by atoms with Crippen molar-refractivity contribution >= 4 is 23.0 Å². The first-order chi connectivity index (χ1) is 10.6. The van der Waals surface area contributed by atoms with E-state index in [4.69, 9.17) is 9.47 Å². The molecule has 0 saturated carbocycles. The first-order valence-corrected chi connectivity index (χ1v) is 6.65. The van der Waals surface area contributed by atoms with E-state index >= 15 is 0 Å². The summed E-state index contributed by atoms with van der Waals surface area (Å²) >= 11 is 0. The summed E-state index contributed by atoms with van der Waals surface area (Å²) in [5.74, 6) is 0.173. The molecule has 7 nitrogen and oxygen atoms in total. The van der Waals surface area contributed by atoms with Crippen molar-refractivity contribution in [2.24, 2.45) is 0 Å². The Labute approximate surface area is 127 Å². The summed E-state index contributed by atoms with van der Waals surface area (Å²) in [6, 6.07) is 4.77. The summed E-state index contributed by atoms with van der Waals surface area (Å²) in [5, 5.41) is 3.38. The van der Waals surface area contributed by atoms with Crippen molar-refractivity contribution in [1.82, 2.24) is 10.3 Å². The van der Waals surface area contributed by atoms with Crippen molar-refractivity contribution in [1.29, 1.82) is 0 Å². The first kappa shape index (κ1) is 15.7. The second-order valence-corrected chi connectivity index (χ2v) is 4.64. The number of fused-ring (bicyclic) bond motifs is 1. The number of hydrogen-bond donors (Lipinski definition) is 2. The third-order valence-corrected chi connectivity index (χ3v) is 3.36. The van der Waals surface area contributed by atoms with E-state index in [-0.39, 0.29) is 6.42 Å². The highest BCUT2D eigenvalue weighted by molar-refractivity contribution is 5.87. The van der Waals surface area contributed by atoms with Crippen LogP contribution < -0.4 is 10.1 Å². The third kappa shape index (κ3) is 3.30. The van der Waals surface area contributed by atoms with Crippen LogP contribution in [0.2, 0.25) is 0 Å². The fourth-order valence-electron chi connectivity index (χ4n) is 2.21. The van der Waals surface area contributed by atoms with Gasteiger partial charge in [0.15, 0.2) is 0 Å². The number of carbonyl (C=O) groups is 2. The fourth-order valence-corrected chi connectivity index (χ4v) is 2.21. The predicted molar refractivity (Wildman–Crippen MR) is 79.9 cm³/mol. The molecule has 7 heteroatoms. The first-order valence-electron chi connectivity index (χ1n) is 6.65. The molecule has 1 atom stereocenters. The summed E-state index contributed by atoms with van der Waals surface area (Å²) in [6.45, 7) is 0. The van der Waals surface area contributed by atoms with Gasteiger partial charge in [0.05, 0.1) is 21.3 Å². The smallest absolute Gasteiger partial charge is 0.407 e. The second kappa shape index (κ2) is 6.84. The Kier molecular flexibility index (Phi) is 4.88. The molecule has 1 amide bonds. The SMILES string of the molecule is COC(=O)NC(Cc1c[nH]c2ccc(OC)cc12)C(=O)OC. The Bertz CT molecular complexity index is 680. The second-order valence-electron chi connectivity index (χ2n) is 4.64. The zero-order chi connectivity index (χ0) is 16.1. The summed E-state index contributed by atoms with van der Waals surface area (Å²) in [4.78, 5) is 26.3. The maximum Gasteiger partial charge on any atom is 0.407 e. The molecule has 0 saturated heterocycles. The number of amides is 1. The molecule has 0 spiro atoms. The lowest BCUT2D eigenvalue weighted by Gasteiger charge is -2.15. The van der Waals surface area contributed by atoms with Gasteiger partial charge in [-0.1, -0.05) is 0 Å². The number of esters is 1. The maximum absolute atomic E-state index is 11.8. The van der Waals surface area contributed by atoms with Gasteiger partial charge >= 0.3 is 12.1 Å². The molecule has 1 unspecified atom stereocenters. The molecular weight excluding hydrogens is 288 g/mol. The number of benzene rings is 1. The molecule has 0 aliphatic heterocycles. The largest absolute Gasteiger partial charge is 0.497 e. The summed E-state index contributed by atoms with van der Waals surface area (Å²) in [7, 11) is 4.09. The van der Waals surface area contributed by atoms with Crippen LogP contribution in [0, 0.1) is 0 Å². The zero-order valence-electron chi connectivity index (χ0n) is 12.6. The molecule has 118 valence electrons. The van der Waals surface area contributed by atoms with Gasteiger partial charge in [-0.25, -0.2) is 9.59 Å². The molecule has 0 aliphatic carbocycles. The van der Waals surface area contributed by atoms with E-state index in [1.165, 1.54) is 14.2 Å². The van der Waals surface area contributed by atoms with Gasteiger partial charge in [-0.05, 0) is 23.8 Å². The van der Waals surface area contributed by atoms with Crippen LogP contribution in [0.15, 0.2) is 24.4 Å². The van der Waals surface area contributed by atoms with Gasteiger partial charge in [0.25, 0.3) is 0 Å². The molecule has 0 bridgehead atoms. The highest BCUT2D eigenvalue weighted by Crippen LogP contribution is 2.24. The van der Waals surface area contributed by atoms with Crippen molar-refractivity contribution in [3.63, 3.8) is 0 Å². The van der Waals surface area contributed by atoms with Gasteiger partial charge in [0.1, 0.15) is 11.8 Å². The lowest BCUT2D eigenvalue weighted by Crippen LogP contribution is -2.42. The number of nitrogens with one attached hydrogen (secondary N) is 2. The molecule has 1 heterocycles. The Morgan fingerprint density at radius 2 is 2.00 bits per heavy atom. The standard InChI is InChI=1S/C15H18N2O5/c1-20-10-4-5-12-11(7-10)9(8-16-12)6-13(14(18)21-2)17-15(19)22-3/h4-5,7-8,13,16H,6H2,1-3H3,(H,17,19). The zero-order valence-corrected chi connectivity index (χ0v) is 12.6. The van der Waals surface area contributed by atoms with Crippen molar-refractivity contribution in [2.75, 3.05) is 21.3 Å². The van der Waals surface area contributed by atoms with E-state index in [1.807, 2.05) is 18.2 Å². The predicted octanol–water partition coefficient (Wildman–Crippen LogP) is 1.62. The lowest BCUT2D eigenvalue weighted by atomic mass is 10.0. The molecule has 0 aliphatic rings. The summed E-state index contributed by atoms with van der Waals surface area (Å²) in [6.07, 6.45) is 1.38. The minimum Gasteiger partial charge on any atom is -0.497 e. The van der Waals surface area contributed by atoms with Crippen LogP contribution in [-0.4, -0.2) is 44.4 Å². The summed E-state index contributed by atoms with van der Waals surface area (Å²) < 4.78 is 14.5. The van der Waals surface area contributed by atoms with Crippen molar-refractivity contribution in [3.8, 4) is 5.75 Å². The Morgan fingerprint density at radius 3 is 2.64 bits per heavy atom. The molecule has 22 heavy (non-hydrogen) atoms. The number of aromatic nitrogens is 1. The molecule has 1 aromatic carbocycles. The molecular formula is C15H18N2O5. The van der Waals surface area contributed by atoms with Crippen LogP contribution in [0.1, 0.15) is 5.56 Å². The Balaban J connectivity index is 2.29. The van der Waals surface area contributed by atoms with E-state index in [0.29, 0.717) is 5.75 Å². The highest BCUT2D eigenvalue weighted by Gasteiger charge is 2.23. The van der Waals surface area contributed by atoms with Crippen LogP contribution in [0.3, 0.4) is 0 Å². The minimum absolute atomic E-state index is 0.273. The van der Waals surface area contributed by atoms with E-state index in [9.17, 15) is 9.59 Å². The van der Waals surface area contributed by atoms with E-state index in [2.05, 4.69) is 15.0 Å². The number of methoxy groups -OCH3 is 3. The van der Waals surface area contributed by atoms with E-state index < -0.39 is 18.1 Å². The van der Waals surface area contributed by atoms with Crippen molar-refractivity contribution < 1.29 is 23.8 Å². The number of aromatic amines is 1. The summed E-state index contributed by atoms with van der Waals surface area (Å²) in [5.41, 5.74) is 1.78. The topological polar surface area (TPSA) is 89.6 Å². The minimum atomic E-state index is -0.831. The van der Waals surface area contributed by atoms with Gasteiger partial charge in [0, 0.05) is 23.5 Å². The van der Waals surface area contributed by atoms with Crippen LogP contribution in [0.4, 0.5) is 4.79 Å². The van der Waals surface area contributed by atoms with Crippen LogP contribution in [0.25, 0.3) is 10.9 Å². The van der Waals surface area contributed by atoms with Crippen LogP contribution in [-0.2, 0) is 20.7 Å². The van der Waals surface area contributed by atoms with E-state index in [0.717, 1.165) is 16.5 Å². The van der Waals surface area contributed by atoms with Gasteiger partial charge in [-0.3, -0.25) is 0 Å². The average molecular weight is 306 g/mol. The van der Waals surface area contributed by atoms with Gasteiger partial charge in [-0.2, -0.15) is 0 Å². The number of H-pyrrole nitrogens is 1. The molecule has 2 N–H and O–H groups in total. The Hall–Kier alpha value is -2.70. The number of hydrogen-bond acceptors (Lipinski definition) is 5. The number of rotatable bonds is 5. The lowest BCUT2D eigenvalue weighted by molar-refractivity contribution is -0.142. The fraction of sp³-hybridized carbons (Fsp3) is 0.333. The normalized spacial score (nSPS) is 11.8. The molecule has 0 radical (unpaired) electrons. The number of ether oxygens (including phenoxy) is 3. The molecule has 2 rings (SSSR count). The average Bonchev–Trinajstić information content (AvgIpc) is 2.95. The molecule has 0 fully saturated rings. The monoisotopic (exact) mass is 306 g/mol. The quantitative estimate of drug-likeness (QED) is 0.819. The molecule has 2 aromatic rings. The van der Waals surface area contributed by atoms with Gasteiger partial charge < -0.3 is 24.5 Å². The maximum atomic E-state index is 11.8. The van der Waals surface area contributed by atoms with Crippen LogP contribution >= 0.6 is 0 Å². The van der Waals surface area contributed by atoms with E-state index in [1.54, 1.807) is 13.3 Å². The Morgan fingerprint density at radius 1 is 1.23 bits per heavy atom. The molecule has 1 aromatic heterocycles. The highest BCUT2D eigenvalue weighted by atomic mass is 16.5. The number of alkyl carbamates (subject to hydrolysis) is 1. The van der Waals surface area contributed by atoms with Crippen LogP contribution in [0.5, 0.6) is 5.75 Å². The number of carbonyl (C=O) groups excluding carboxylic acids is 2. The van der Waals surface area contributed by atoms with Gasteiger partial charge in [0.2, 0.25) is 0 Å².